The SMILES string of the molecule is CC1CC(CN=C(N)N2CCOCC2)CN1Cc1ccccc1. The van der Waals surface area contributed by atoms with Gasteiger partial charge in [-0.1, -0.05) is 30.3 Å². The fraction of sp³-hybridized carbons (Fsp3) is 0.611. The molecule has 0 saturated carbocycles. The van der Waals surface area contributed by atoms with E-state index in [1.807, 2.05) is 0 Å². The van der Waals surface area contributed by atoms with E-state index in [4.69, 9.17) is 10.5 Å². The third-order valence-electron chi connectivity index (χ3n) is 4.87. The second-order valence-electron chi connectivity index (χ2n) is 6.66. The maximum atomic E-state index is 6.13. The highest BCUT2D eigenvalue weighted by Gasteiger charge is 2.28. The Bertz CT molecular complexity index is 513. The summed E-state index contributed by atoms with van der Waals surface area (Å²) < 4.78 is 5.35. The van der Waals surface area contributed by atoms with E-state index >= 15 is 0 Å². The standard InChI is InChI=1S/C18H28N4O/c1-15-11-17(12-20-18(19)21-7-9-23-10-8-21)14-22(15)13-16-5-3-2-4-6-16/h2-6,15,17H,7-14H2,1H3,(H2,19,20). The second-order valence-corrected chi connectivity index (χ2v) is 6.66. The smallest absolute Gasteiger partial charge is 0.191 e. The van der Waals surface area contributed by atoms with E-state index in [0.717, 1.165) is 45.9 Å². The van der Waals surface area contributed by atoms with Gasteiger partial charge in [0.2, 0.25) is 0 Å². The van der Waals surface area contributed by atoms with Gasteiger partial charge in [-0.05, 0) is 24.8 Å². The Morgan fingerprint density at radius 1 is 1.26 bits per heavy atom. The van der Waals surface area contributed by atoms with E-state index in [9.17, 15) is 0 Å². The number of likely N-dealkylation sites (tertiary alicyclic amines) is 1. The molecule has 2 heterocycles. The molecular weight excluding hydrogens is 288 g/mol. The summed E-state index contributed by atoms with van der Waals surface area (Å²) in [5.74, 6) is 1.29. The first-order valence-electron chi connectivity index (χ1n) is 8.63. The maximum absolute atomic E-state index is 6.13. The molecule has 23 heavy (non-hydrogen) atoms. The summed E-state index contributed by atoms with van der Waals surface area (Å²) in [5.41, 5.74) is 7.51. The van der Waals surface area contributed by atoms with Crippen LogP contribution in [0.15, 0.2) is 35.3 Å². The van der Waals surface area contributed by atoms with Crippen molar-refractivity contribution in [3.05, 3.63) is 35.9 Å². The minimum Gasteiger partial charge on any atom is -0.378 e. The van der Waals surface area contributed by atoms with Crippen molar-refractivity contribution in [3.8, 4) is 0 Å². The van der Waals surface area contributed by atoms with Crippen molar-refractivity contribution < 1.29 is 4.74 Å². The molecule has 1 aromatic carbocycles. The number of hydrogen-bond acceptors (Lipinski definition) is 3. The molecule has 2 N–H and O–H groups in total. The van der Waals surface area contributed by atoms with Gasteiger partial charge in [-0.25, -0.2) is 0 Å². The molecule has 2 aliphatic rings. The highest BCUT2D eigenvalue weighted by Crippen LogP contribution is 2.25. The molecule has 0 spiro atoms. The monoisotopic (exact) mass is 316 g/mol. The lowest BCUT2D eigenvalue weighted by Crippen LogP contribution is -2.45. The first-order chi connectivity index (χ1) is 11.2. The summed E-state index contributed by atoms with van der Waals surface area (Å²) in [7, 11) is 0. The first kappa shape index (κ1) is 16.3. The largest absolute Gasteiger partial charge is 0.378 e. The molecular formula is C18H28N4O. The van der Waals surface area contributed by atoms with Gasteiger partial charge in [-0.2, -0.15) is 0 Å². The van der Waals surface area contributed by atoms with Crippen LogP contribution in [0, 0.1) is 5.92 Å². The average molecular weight is 316 g/mol. The van der Waals surface area contributed by atoms with E-state index in [-0.39, 0.29) is 0 Å². The van der Waals surface area contributed by atoms with Crippen molar-refractivity contribution in [1.82, 2.24) is 9.80 Å². The van der Waals surface area contributed by atoms with E-state index in [0.29, 0.717) is 17.9 Å². The Kier molecular flexibility index (Phi) is 5.51. The topological polar surface area (TPSA) is 54.1 Å². The fourth-order valence-electron chi connectivity index (χ4n) is 3.50. The number of nitrogens with two attached hydrogens (primary N) is 1. The average Bonchev–Trinajstić information content (AvgIpc) is 2.94. The molecule has 3 rings (SSSR count). The number of nitrogens with zero attached hydrogens (tertiary/aromatic N) is 3. The molecule has 0 aromatic heterocycles. The van der Waals surface area contributed by atoms with Crippen molar-refractivity contribution in [1.29, 1.82) is 0 Å². The predicted octanol–water partition coefficient (Wildman–Crippen LogP) is 1.54. The predicted molar refractivity (Wildman–Crippen MR) is 93.3 cm³/mol. The Balaban J connectivity index is 1.50. The summed E-state index contributed by atoms with van der Waals surface area (Å²) in [4.78, 5) is 9.33. The van der Waals surface area contributed by atoms with Crippen molar-refractivity contribution in [2.24, 2.45) is 16.6 Å². The van der Waals surface area contributed by atoms with Gasteiger partial charge in [0.1, 0.15) is 0 Å². The van der Waals surface area contributed by atoms with Crippen molar-refractivity contribution >= 4 is 5.96 Å². The third-order valence-corrected chi connectivity index (χ3v) is 4.87. The molecule has 2 unspecified atom stereocenters. The summed E-state index contributed by atoms with van der Waals surface area (Å²) >= 11 is 0. The molecule has 5 heteroatoms. The molecule has 2 saturated heterocycles. The van der Waals surface area contributed by atoms with Crippen LogP contribution in [0.2, 0.25) is 0 Å². The van der Waals surface area contributed by atoms with Crippen LogP contribution >= 0.6 is 0 Å². The van der Waals surface area contributed by atoms with Gasteiger partial charge in [0.25, 0.3) is 0 Å². The number of guanidine groups is 1. The lowest BCUT2D eigenvalue weighted by molar-refractivity contribution is 0.0674. The lowest BCUT2D eigenvalue weighted by Gasteiger charge is -2.27. The van der Waals surface area contributed by atoms with Crippen molar-refractivity contribution in [2.75, 3.05) is 39.4 Å². The zero-order valence-electron chi connectivity index (χ0n) is 14.0. The highest BCUT2D eigenvalue weighted by molar-refractivity contribution is 5.78. The quantitative estimate of drug-likeness (QED) is 0.676. The highest BCUT2D eigenvalue weighted by atomic mass is 16.5. The van der Waals surface area contributed by atoms with Crippen LogP contribution in [0.4, 0.5) is 0 Å². The zero-order valence-corrected chi connectivity index (χ0v) is 14.0. The number of benzene rings is 1. The van der Waals surface area contributed by atoms with Crippen LogP contribution in [-0.2, 0) is 11.3 Å². The minimum atomic E-state index is 0.605. The number of aliphatic imine (C=N–C) groups is 1. The molecule has 0 amide bonds. The van der Waals surface area contributed by atoms with Crippen LogP contribution in [0.25, 0.3) is 0 Å². The van der Waals surface area contributed by atoms with Crippen molar-refractivity contribution in [3.63, 3.8) is 0 Å². The molecule has 0 aliphatic carbocycles. The number of hydrogen-bond donors (Lipinski definition) is 1. The van der Waals surface area contributed by atoms with E-state index in [2.05, 4.69) is 52.0 Å². The third kappa shape index (κ3) is 4.45. The van der Waals surface area contributed by atoms with Crippen LogP contribution in [0.5, 0.6) is 0 Å². The summed E-state index contributed by atoms with van der Waals surface area (Å²) in [6, 6.07) is 11.3. The van der Waals surface area contributed by atoms with Crippen molar-refractivity contribution in [2.45, 2.75) is 25.9 Å². The summed E-state index contributed by atoms with van der Waals surface area (Å²) in [6.07, 6.45) is 1.20. The van der Waals surface area contributed by atoms with E-state index in [1.54, 1.807) is 0 Å². The first-order valence-corrected chi connectivity index (χ1v) is 8.63. The lowest BCUT2D eigenvalue weighted by atomic mass is 10.1. The van der Waals surface area contributed by atoms with E-state index < -0.39 is 0 Å². The molecule has 1 aromatic rings. The second kappa shape index (κ2) is 7.79. The Morgan fingerprint density at radius 2 is 2.00 bits per heavy atom. The number of ether oxygens (including phenoxy) is 1. The number of rotatable bonds is 4. The Labute approximate surface area is 139 Å². The molecule has 126 valence electrons. The molecule has 0 bridgehead atoms. The van der Waals surface area contributed by atoms with Gasteiger partial charge in [-0.15, -0.1) is 0 Å². The summed E-state index contributed by atoms with van der Waals surface area (Å²) in [5, 5.41) is 0. The normalized spacial score (nSPS) is 26.7. The Morgan fingerprint density at radius 3 is 2.74 bits per heavy atom. The molecule has 0 radical (unpaired) electrons. The van der Waals surface area contributed by atoms with Gasteiger partial charge in [0, 0.05) is 38.8 Å². The molecule has 2 fully saturated rings. The minimum absolute atomic E-state index is 0.605. The van der Waals surface area contributed by atoms with Gasteiger partial charge >= 0.3 is 0 Å². The van der Waals surface area contributed by atoms with Gasteiger partial charge in [0.05, 0.1) is 13.2 Å². The van der Waals surface area contributed by atoms with Gasteiger partial charge < -0.3 is 15.4 Å². The van der Waals surface area contributed by atoms with Crippen LogP contribution in [-0.4, -0.2) is 61.2 Å². The molecule has 5 nitrogen and oxygen atoms in total. The zero-order chi connectivity index (χ0) is 16.1. The Hall–Kier alpha value is -1.59. The van der Waals surface area contributed by atoms with Gasteiger partial charge in [0.15, 0.2) is 5.96 Å². The molecule has 2 aliphatic heterocycles. The van der Waals surface area contributed by atoms with E-state index in [1.165, 1.54) is 12.0 Å². The van der Waals surface area contributed by atoms with Gasteiger partial charge in [-0.3, -0.25) is 9.89 Å². The van der Waals surface area contributed by atoms with Crippen LogP contribution in [0.1, 0.15) is 18.9 Å². The van der Waals surface area contributed by atoms with Crippen LogP contribution in [0.3, 0.4) is 0 Å². The number of morpholine rings is 1. The molecule has 2 atom stereocenters. The summed E-state index contributed by atoms with van der Waals surface area (Å²) in [6.45, 7) is 8.50. The maximum Gasteiger partial charge on any atom is 0.191 e. The fourth-order valence-corrected chi connectivity index (χ4v) is 3.50. The van der Waals surface area contributed by atoms with Crippen LogP contribution < -0.4 is 5.73 Å².